The monoisotopic (exact) mass is 213 g/mol. The number of morpholine rings is 1. The standard InChI is InChI=1S/C12H23NO2/c1-12(2)9-13(6-5-10-3-4-10)7-11(8-14)15-12/h10-11,14H,3-9H2,1-2H3. The molecule has 88 valence electrons. The van der Waals surface area contributed by atoms with Crippen molar-refractivity contribution in [3.05, 3.63) is 0 Å². The maximum absolute atomic E-state index is 9.18. The molecule has 2 aliphatic rings. The number of rotatable bonds is 4. The minimum Gasteiger partial charge on any atom is -0.394 e. The molecule has 0 radical (unpaired) electrons. The van der Waals surface area contributed by atoms with Crippen molar-refractivity contribution >= 4 is 0 Å². The average Bonchev–Trinajstić information content (AvgIpc) is 2.95. The van der Waals surface area contributed by atoms with Gasteiger partial charge in [0.05, 0.1) is 18.3 Å². The zero-order valence-corrected chi connectivity index (χ0v) is 9.91. The molecule has 1 saturated heterocycles. The van der Waals surface area contributed by atoms with Crippen LogP contribution in [-0.4, -0.2) is 48.0 Å². The molecule has 0 bridgehead atoms. The van der Waals surface area contributed by atoms with Gasteiger partial charge in [-0.15, -0.1) is 0 Å². The minimum absolute atomic E-state index is 0.00736. The van der Waals surface area contributed by atoms with Crippen LogP contribution in [0.3, 0.4) is 0 Å². The summed E-state index contributed by atoms with van der Waals surface area (Å²) in [7, 11) is 0. The molecule has 15 heavy (non-hydrogen) atoms. The van der Waals surface area contributed by atoms with E-state index in [0.29, 0.717) is 0 Å². The first-order valence-electron chi connectivity index (χ1n) is 6.10. The first-order valence-corrected chi connectivity index (χ1v) is 6.10. The van der Waals surface area contributed by atoms with Crippen LogP contribution in [0.15, 0.2) is 0 Å². The number of nitrogens with zero attached hydrogens (tertiary/aromatic N) is 1. The van der Waals surface area contributed by atoms with Gasteiger partial charge in [-0.2, -0.15) is 0 Å². The van der Waals surface area contributed by atoms with Crippen LogP contribution in [-0.2, 0) is 4.74 Å². The number of hydrogen-bond donors (Lipinski definition) is 1. The summed E-state index contributed by atoms with van der Waals surface area (Å²) in [5.74, 6) is 0.989. The summed E-state index contributed by atoms with van der Waals surface area (Å²) >= 11 is 0. The van der Waals surface area contributed by atoms with Gasteiger partial charge in [-0.05, 0) is 32.7 Å². The molecule has 0 aromatic rings. The van der Waals surface area contributed by atoms with Crippen molar-refractivity contribution in [1.29, 1.82) is 0 Å². The van der Waals surface area contributed by atoms with Crippen molar-refractivity contribution in [2.75, 3.05) is 26.2 Å². The maximum Gasteiger partial charge on any atom is 0.0940 e. The highest BCUT2D eigenvalue weighted by Crippen LogP contribution is 2.33. The molecule has 3 nitrogen and oxygen atoms in total. The Hall–Kier alpha value is -0.120. The van der Waals surface area contributed by atoms with E-state index < -0.39 is 0 Å². The topological polar surface area (TPSA) is 32.7 Å². The zero-order valence-electron chi connectivity index (χ0n) is 9.91. The fraction of sp³-hybridized carbons (Fsp3) is 1.00. The van der Waals surface area contributed by atoms with Crippen molar-refractivity contribution in [2.45, 2.75) is 44.8 Å². The third-order valence-corrected chi connectivity index (χ3v) is 3.31. The first-order chi connectivity index (χ1) is 7.09. The summed E-state index contributed by atoms with van der Waals surface area (Å²) in [6, 6.07) is 0. The predicted molar refractivity (Wildman–Crippen MR) is 59.8 cm³/mol. The maximum atomic E-state index is 9.18. The summed E-state index contributed by atoms with van der Waals surface area (Å²) in [5.41, 5.74) is -0.102. The third-order valence-electron chi connectivity index (χ3n) is 3.31. The lowest BCUT2D eigenvalue weighted by molar-refractivity contribution is -0.149. The van der Waals surface area contributed by atoms with Crippen LogP contribution in [0.25, 0.3) is 0 Å². The van der Waals surface area contributed by atoms with Crippen LogP contribution in [0.1, 0.15) is 33.1 Å². The molecule has 1 aliphatic heterocycles. The largest absolute Gasteiger partial charge is 0.394 e. The highest BCUT2D eigenvalue weighted by Gasteiger charge is 2.33. The smallest absolute Gasteiger partial charge is 0.0940 e. The minimum atomic E-state index is -0.102. The van der Waals surface area contributed by atoms with Crippen LogP contribution in [0.2, 0.25) is 0 Å². The van der Waals surface area contributed by atoms with Gasteiger partial charge in [-0.1, -0.05) is 12.8 Å². The van der Waals surface area contributed by atoms with Crippen LogP contribution in [0.4, 0.5) is 0 Å². The van der Waals surface area contributed by atoms with Crippen LogP contribution >= 0.6 is 0 Å². The Morgan fingerprint density at radius 3 is 2.73 bits per heavy atom. The Morgan fingerprint density at radius 1 is 1.40 bits per heavy atom. The van der Waals surface area contributed by atoms with E-state index in [2.05, 4.69) is 18.7 Å². The first kappa shape index (κ1) is 11.4. The number of aliphatic hydroxyl groups is 1. The third kappa shape index (κ3) is 3.44. The number of aliphatic hydroxyl groups excluding tert-OH is 1. The van der Waals surface area contributed by atoms with E-state index in [1.165, 1.54) is 25.8 Å². The van der Waals surface area contributed by atoms with E-state index in [1.54, 1.807) is 0 Å². The Balaban J connectivity index is 1.81. The molecule has 0 amide bonds. The highest BCUT2D eigenvalue weighted by atomic mass is 16.5. The van der Waals surface area contributed by atoms with E-state index in [1.807, 2.05) is 0 Å². The zero-order chi connectivity index (χ0) is 10.9. The number of ether oxygens (including phenoxy) is 1. The van der Waals surface area contributed by atoms with Crippen LogP contribution in [0, 0.1) is 5.92 Å². The van der Waals surface area contributed by atoms with Gasteiger partial charge >= 0.3 is 0 Å². The Kier molecular flexibility index (Phi) is 3.33. The van der Waals surface area contributed by atoms with Gasteiger partial charge in [-0.25, -0.2) is 0 Å². The molecule has 3 heteroatoms. The van der Waals surface area contributed by atoms with Crippen molar-refractivity contribution in [2.24, 2.45) is 5.92 Å². The van der Waals surface area contributed by atoms with E-state index in [-0.39, 0.29) is 18.3 Å². The van der Waals surface area contributed by atoms with Crippen LogP contribution in [0.5, 0.6) is 0 Å². The van der Waals surface area contributed by atoms with Crippen molar-refractivity contribution in [1.82, 2.24) is 4.90 Å². The number of hydrogen-bond acceptors (Lipinski definition) is 3. The van der Waals surface area contributed by atoms with Gasteiger partial charge in [0.25, 0.3) is 0 Å². The summed E-state index contributed by atoms with van der Waals surface area (Å²) in [5, 5.41) is 9.18. The van der Waals surface area contributed by atoms with Crippen molar-refractivity contribution in [3.63, 3.8) is 0 Å². The van der Waals surface area contributed by atoms with Crippen molar-refractivity contribution in [3.8, 4) is 0 Å². The van der Waals surface area contributed by atoms with Gasteiger partial charge in [0.1, 0.15) is 0 Å². The van der Waals surface area contributed by atoms with Gasteiger partial charge < -0.3 is 9.84 Å². The Labute approximate surface area is 92.4 Å². The Morgan fingerprint density at radius 2 is 2.13 bits per heavy atom. The fourth-order valence-corrected chi connectivity index (χ4v) is 2.45. The molecule has 0 aromatic heterocycles. The Bertz CT molecular complexity index is 214. The second-order valence-electron chi connectivity index (χ2n) is 5.65. The highest BCUT2D eigenvalue weighted by molar-refractivity contribution is 4.85. The molecule has 1 unspecified atom stereocenters. The molecule has 0 spiro atoms. The van der Waals surface area contributed by atoms with Gasteiger partial charge in [0.2, 0.25) is 0 Å². The molecular formula is C12H23NO2. The lowest BCUT2D eigenvalue weighted by Crippen LogP contribution is -2.53. The quantitative estimate of drug-likeness (QED) is 0.763. The van der Waals surface area contributed by atoms with Gasteiger partial charge in [0.15, 0.2) is 0 Å². The normalized spacial score (nSPS) is 31.8. The molecule has 1 heterocycles. The molecular weight excluding hydrogens is 190 g/mol. The lowest BCUT2D eigenvalue weighted by Gasteiger charge is -2.42. The molecule has 1 saturated carbocycles. The summed E-state index contributed by atoms with van der Waals surface area (Å²) in [6.45, 7) is 7.43. The van der Waals surface area contributed by atoms with Crippen LogP contribution < -0.4 is 0 Å². The van der Waals surface area contributed by atoms with Gasteiger partial charge in [-0.3, -0.25) is 4.90 Å². The molecule has 1 aliphatic carbocycles. The lowest BCUT2D eigenvalue weighted by atomic mass is 10.0. The molecule has 2 rings (SSSR count). The average molecular weight is 213 g/mol. The van der Waals surface area contributed by atoms with E-state index in [0.717, 1.165) is 19.0 Å². The summed E-state index contributed by atoms with van der Waals surface area (Å²) in [6.07, 6.45) is 4.19. The van der Waals surface area contributed by atoms with Crippen molar-refractivity contribution < 1.29 is 9.84 Å². The molecule has 1 atom stereocenters. The molecule has 1 N–H and O–H groups in total. The van der Waals surface area contributed by atoms with E-state index in [4.69, 9.17) is 4.74 Å². The van der Waals surface area contributed by atoms with E-state index in [9.17, 15) is 5.11 Å². The molecule has 0 aromatic carbocycles. The second kappa shape index (κ2) is 4.40. The summed E-state index contributed by atoms with van der Waals surface area (Å²) < 4.78 is 5.78. The predicted octanol–water partition coefficient (Wildman–Crippen LogP) is 1.26. The SMILES string of the molecule is CC1(C)CN(CCC2CC2)CC(CO)O1. The second-order valence-corrected chi connectivity index (χ2v) is 5.65. The van der Waals surface area contributed by atoms with Gasteiger partial charge in [0, 0.05) is 13.1 Å². The molecule has 2 fully saturated rings. The fourth-order valence-electron chi connectivity index (χ4n) is 2.45. The van der Waals surface area contributed by atoms with E-state index >= 15 is 0 Å². The summed E-state index contributed by atoms with van der Waals surface area (Å²) in [4.78, 5) is 2.45.